The first-order valence-electron chi connectivity index (χ1n) is 7.30. The van der Waals surface area contributed by atoms with Crippen LogP contribution in [0.5, 0.6) is 5.75 Å². The summed E-state index contributed by atoms with van der Waals surface area (Å²) in [7, 11) is 3.49. The number of piperidine rings is 1. The van der Waals surface area contributed by atoms with E-state index in [1.54, 1.807) is 14.2 Å². The Morgan fingerprint density at radius 2 is 2.00 bits per heavy atom. The van der Waals surface area contributed by atoms with Crippen molar-refractivity contribution < 1.29 is 9.47 Å². The molecule has 1 aromatic rings. The van der Waals surface area contributed by atoms with E-state index in [2.05, 4.69) is 24.0 Å². The maximum Gasteiger partial charge on any atom is 0.118 e. The van der Waals surface area contributed by atoms with E-state index in [1.165, 1.54) is 5.56 Å². The standard InChI is InChI=1S/C16H26N2O2/c1-12-8-9-18(11-16(12)20-3)15(10-17)13-4-6-14(19-2)7-5-13/h4-7,12,15-16H,8-11,17H2,1-3H3. The van der Waals surface area contributed by atoms with Crippen LogP contribution < -0.4 is 10.5 Å². The van der Waals surface area contributed by atoms with Gasteiger partial charge < -0.3 is 15.2 Å². The van der Waals surface area contributed by atoms with E-state index in [1.807, 2.05) is 12.1 Å². The molecule has 1 fully saturated rings. The molecule has 1 aromatic carbocycles. The lowest BCUT2D eigenvalue weighted by molar-refractivity contribution is -0.0183. The van der Waals surface area contributed by atoms with Gasteiger partial charge in [-0.25, -0.2) is 0 Å². The fourth-order valence-corrected chi connectivity index (χ4v) is 2.97. The van der Waals surface area contributed by atoms with Gasteiger partial charge in [0.25, 0.3) is 0 Å². The summed E-state index contributed by atoms with van der Waals surface area (Å²) in [6, 6.07) is 8.47. The zero-order chi connectivity index (χ0) is 14.5. The number of nitrogens with zero attached hydrogens (tertiary/aromatic N) is 1. The molecule has 1 aliphatic heterocycles. The summed E-state index contributed by atoms with van der Waals surface area (Å²) in [6.07, 6.45) is 1.46. The van der Waals surface area contributed by atoms with E-state index in [4.69, 9.17) is 15.2 Å². The lowest BCUT2D eigenvalue weighted by Gasteiger charge is -2.40. The summed E-state index contributed by atoms with van der Waals surface area (Å²) in [5.74, 6) is 1.50. The molecule has 3 unspecified atom stereocenters. The highest BCUT2D eigenvalue weighted by Gasteiger charge is 2.30. The lowest BCUT2D eigenvalue weighted by Crippen LogP contribution is -2.47. The minimum atomic E-state index is 0.256. The third-order valence-electron chi connectivity index (χ3n) is 4.39. The molecule has 0 spiro atoms. The number of methoxy groups -OCH3 is 2. The van der Waals surface area contributed by atoms with Crippen molar-refractivity contribution in [2.24, 2.45) is 11.7 Å². The molecule has 1 aliphatic rings. The van der Waals surface area contributed by atoms with Crippen LogP contribution in [0.4, 0.5) is 0 Å². The number of benzene rings is 1. The molecule has 0 bridgehead atoms. The minimum Gasteiger partial charge on any atom is -0.497 e. The van der Waals surface area contributed by atoms with Crippen LogP contribution in [0.25, 0.3) is 0 Å². The van der Waals surface area contributed by atoms with Gasteiger partial charge >= 0.3 is 0 Å². The molecule has 1 heterocycles. The molecule has 0 aromatic heterocycles. The predicted octanol–water partition coefficient (Wildman–Crippen LogP) is 2.05. The van der Waals surface area contributed by atoms with Gasteiger partial charge in [0.05, 0.1) is 13.2 Å². The van der Waals surface area contributed by atoms with Crippen LogP contribution in [0.1, 0.15) is 24.9 Å². The van der Waals surface area contributed by atoms with E-state index >= 15 is 0 Å². The fraction of sp³-hybridized carbons (Fsp3) is 0.625. The van der Waals surface area contributed by atoms with Crippen molar-refractivity contribution in [3.05, 3.63) is 29.8 Å². The molecule has 1 saturated heterocycles. The quantitative estimate of drug-likeness (QED) is 0.895. The molecule has 2 rings (SSSR count). The second kappa shape index (κ2) is 7.07. The van der Waals surface area contributed by atoms with E-state index in [0.717, 1.165) is 25.3 Å². The molecular weight excluding hydrogens is 252 g/mol. The molecule has 4 nitrogen and oxygen atoms in total. The molecule has 0 aliphatic carbocycles. The highest BCUT2D eigenvalue weighted by atomic mass is 16.5. The Labute approximate surface area is 121 Å². The SMILES string of the molecule is COc1ccc(C(CN)N2CCC(C)C(OC)C2)cc1. The zero-order valence-electron chi connectivity index (χ0n) is 12.7. The van der Waals surface area contributed by atoms with Crippen LogP contribution in [-0.4, -0.2) is 44.9 Å². The largest absolute Gasteiger partial charge is 0.497 e. The van der Waals surface area contributed by atoms with Gasteiger partial charge in [-0.2, -0.15) is 0 Å². The van der Waals surface area contributed by atoms with Gasteiger partial charge in [-0.15, -0.1) is 0 Å². The van der Waals surface area contributed by atoms with Crippen molar-refractivity contribution in [2.45, 2.75) is 25.5 Å². The number of nitrogens with two attached hydrogens (primary N) is 1. The molecule has 0 radical (unpaired) electrons. The Morgan fingerprint density at radius 3 is 2.55 bits per heavy atom. The van der Waals surface area contributed by atoms with Crippen molar-refractivity contribution in [2.75, 3.05) is 33.9 Å². The summed E-state index contributed by atoms with van der Waals surface area (Å²) in [4.78, 5) is 2.44. The van der Waals surface area contributed by atoms with Gasteiger partial charge in [0.1, 0.15) is 5.75 Å². The monoisotopic (exact) mass is 278 g/mol. The molecular formula is C16H26N2O2. The number of hydrogen-bond acceptors (Lipinski definition) is 4. The summed E-state index contributed by atoms with van der Waals surface area (Å²) in [6.45, 7) is 4.91. The Morgan fingerprint density at radius 1 is 1.30 bits per heavy atom. The normalized spacial score (nSPS) is 25.4. The van der Waals surface area contributed by atoms with E-state index in [0.29, 0.717) is 18.6 Å². The average molecular weight is 278 g/mol. The third-order valence-corrected chi connectivity index (χ3v) is 4.39. The van der Waals surface area contributed by atoms with Gasteiger partial charge in [-0.1, -0.05) is 19.1 Å². The average Bonchev–Trinajstić information content (AvgIpc) is 2.50. The Bertz CT molecular complexity index is 407. The summed E-state index contributed by atoms with van der Waals surface area (Å²) in [5, 5.41) is 0. The smallest absolute Gasteiger partial charge is 0.118 e. The highest BCUT2D eigenvalue weighted by Crippen LogP contribution is 2.28. The number of ether oxygens (including phenoxy) is 2. The first kappa shape index (κ1) is 15.3. The summed E-state index contributed by atoms with van der Waals surface area (Å²) < 4.78 is 10.8. The summed E-state index contributed by atoms with van der Waals surface area (Å²) in [5.41, 5.74) is 7.26. The molecule has 2 N–H and O–H groups in total. The maximum absolute atomic E-state index is 6.01. The van der Waals surface area contributed by atoms with Crippen LogP contribution in [-0.2, 0) is 4.74 Å². The van der Waals surface area contributed by atoms with Crippen LogP contribution in [0.3, 0.4) is 0 Å². The number of hydrogen-bond donors (Lipinski definition) is 1. The third kappa shape index (κ3) is 3.32. The fourth-order valence-electron chi connectivity index (χ4n) is 2.97. The first-order chi connectivity index (χ1) is 9.69. The lowest BCUT2D eigenvalue weighted by atomic mass is 9.93. The highest BCUT2D eigenvalue weighted by molar-refractivity contribution is 5.29. The molecule has 0 amide bonds. The van der Waals surface area contributed by atoms with Crippen molar-refractivity contribution in [3.8, 4) is 5.75 Å². The van der Waals surface area contributed by atoms with E-state index in [9.17, 15) is 0 Å². The molecule has 0 saturated carbocycles. The Hall–Kier alpha value is -1.10. The molecule has 3 atom stereocenters. The van der Waals surface area contributed by atoms with Gasteiger partial charge in [0.15, 0.2) is 0 Å². The van der Waals surface area contributed by atoms with E-state index in [-0.39, 0.29) is 6.04 Å². The van der Waals surface area contributed by atoms with E-state index < -0.39 is 0 Å². The van der Waals surface area contributed by atoms with Crippen LogP contribution in [0, 0.1) is 5.92 Å². The van der Waals surface area contributed by atoms with Crippen molar-refractivity contribution in [1.82, 2.24) is 4.90 Å². The van der Waals surface area contributed by atoms with Gasteiger partial charge in [-0.3, -0.25) is 4.90 Å². The van der Waals surface area contributed by atoms with Gasteiger partial charge in [0, 0.05) is 26.2 Å². The van der Waals surface area contributed by atoms with Gasteiger partial charge in [0.2, 0.25) is 0 Å². The molecule has 20 heavy (non-hydrogen) atoms. The minimum absolute atomic E-state index is 0.256. The van der Waals surface area contributed by atoms with Crippen LogP contribution in [0.15, 0.2) is 24.3 Å². The number of likely N-dealkylation sites (tertiary alicyclic amines) is 1. The predicted molar refractivity (Wildman–Crippen MR) is 80.9 cm³/mol. The number of rotatable bonds is 5. The van der Waals surface area contributed by atoms with Crippen LogP contribution in [0.2, 0.25) is 0 Å². The van der Waals surface area contributed by atoms with Crippen LogP contribution >= 0.6 is 0 Å². The second-order valence-electron chi connectivity index (χ2n) is 5.56. The summed E-state index contributed by atoms with van der Waals surface area (Å²) >= 11 is 0. The maximum atomic E-state index is 6.01. The Kier molecular flexibility index (Phi) is 5.40. The van der Waals surface area contributed by atoms with Crippen molar-refractivity contribution in [3.63, 3.8) is 0 Å². The molecule has 112 valence electrons. The zero-order valence-corrected chi connectivity index (χ0v) is 12.7. The van der Waals surface area contributed by atoms with Crippen molar-refractivity contribution >= 4 is 0 Å². The van der Waals surface area contributed by atoms with Gasteiger partial charge in [-0.05, 0) is 36.6 Å². The Balaban J connectivity index is 2.10. The van der Waals surface area contributed by atoms with Crippen molar-refractivity contribution in [1.29, 1.82) is 0 Å². The molecule has 4 heteroatoms. The topological polar surface area (TPSA) is 47.7 Å². The second-order valence-corrected chi connectivity index (χ2v) is 5.56. The first-order valence-corrected chi connectivity index (χ1v) is 7.30.